The van der Waals surface area contributed by atoms with Crippen molar-refractivity contribution in [3.63, 3.8) is 0 Å². The van der Waals surface area contributed by atoms with Crippen molar-refractivity contribution in [1.29, 1.82) is 0 Å². The lowest BCUT2D eigenvalue weighted by atomic mass is 10.1. The van der Waals surface area contributed by atoms with Crippen LogP contribution in [0.2, 0.25) is 0 Å². The lowest BCUT2D eigenvalue weighted by Gasteiger charge is -2.14. The summed E-state index contributed by atoms with van der Waals surface area (Å²) in [6.07, 6.45) is 1.40. The van der Waals surface area contributed by atoms with Gasteiger partial charge in [-0.3, -0.25) is 15.0 Å². The number of hydrogen-bond acceptors (Lipinski definition) is 5. The lowest BCUT2D eigenvalue weighted by Crippen LogP contribution is -2.35. The van der Waals surface area contributed by atoms with Gasteiger partial charge in [-0.15, -0.1) is 0 Å². The highest BCUT2D eigenvalue weighted by molar-refractivity contribution is 9.11. The third kappa shape index (κ3) is 4.84. The van der Waals surface area contributed by atoms with Crippen LogP contribution in [0.1, 0.15) is 15.9 Å². The number of anilines is 1. The Bertz CT molecular complexity index is 1270. The fraction of sp³-hybridized carbons (Fsp3) is 0.0417. The van der Waals surface area contributed by atoms with Gasteiger partial charge in [0.05, 0.1) is 22.8 Å². The van der Waals surface area contributed by atoms with Crippen molar-refractivity contribution in [3.8, 4) is 11.5 Å². The highest BCUT2D eigenvalue weighted by Crippen LogP contribution is 2.36. The maximum Gasteiger partial charge on any atom is 0.343 e. The van der Waals surface area contributed by atoms with Crippen LogP contribution in [0.15, 0.2) is 81.2 Å². The fourth-order valence-electron chi connectivity index (χ4n) is 3.15. The largest absolute Gasteiger partial charge is 0.497 e. The summed E-state index contributed by atoms with van der Waals surface area (Å²) in [5.74, 6) is -0.906. The maximum absolute atomic E-state index is 12.9. The number of nitrogens with one attached hydrogen (secondary N) is 1. The molecule has 0 atom stereocenters. The normalized spacial score (nSPS) is 14.4. The number of nitrogens with zero attached hydrogens (tertiary/aromatic N) is 1. The second-order valence-corrected chi connectivity index (χ2v) is 8.67. The lowest BCUT2D eigenvalue weighted by molar-refractivity contribution is -0.117. The average molecular weight is 572 g/mol. The van der Waals surface area contributed by atoms with E-state index < -0.39 is 17.8 Å². The standard InChI is InChI=1S/C24H16Br2N2O5/c1-32-18-9-7-14(8-10-18)24(31)33-21-15(11-16(25)13-20(21)26)12-19-22(29)27-28(23(19)30)17-5-3-2-4-6-17/h2-13H,1H3,(H,27,29)/b19-12+. The number of rotatable bonds is 5. The van der Waals surface area contributed by atoms with Crippen LogP contribution in [-0.2, 0) is 9.59 Å². The number of ether oxygens (including phenoxy) is 2. The maximum atomic E-state index is 12.9. The van der Waals surface area contributed by atoms with Crippen molar-refractivity contribution in [2.45, 2.75) is 0 Å². The number of hydrazine groups is 1. The Kier molecular flexibility index (Phi) is 6.62. The molecule has 1 fully saturated rings. The van der Waals surface area contributed by atoms with Gasteiger partial charge in [0.2, 0.25) is 0 Å². The monoisotopic (exact) mass is 570 g/mol. The first-order chi connectivity index (χ1) is 15.9. The number of esters is 1. The molecule has 0 aliphatic carbocycles. The van der Waals surface area contributed by atoms with Gasteiger partial charge in [0, 0.05) is 10.0 Å². The van der Waals surface area contributed by atoms with E-state index in [1.54, 1.807) is 60.7 Å². The molecule has 1 saturated heterocycles. The van der Waals surface area contributed by atoms with E-state index in [4.69, 9.17) is 9.47 Å². The molecule has 0 spiro atoms. The molecule has 0 saturated carbocycles. The summed E-state index contributed by atoms with van der Waals surface area (Å²) >= 11 is 6.79. The van der Waals surface area contributed by atoms with Crippen molar-refractivity contribution < 1.29 is 23.9 Å². The summed E-state index contributed by atoms with van der Waals surface area (Å²) in [4.78, 5) is 38.2. The quantitative estimate of drug-likeness (QED) is 0.204. The topological polar surface area (TPSA) is 84.9 Å². The minimum absolute atomic E-state index is 0.0920. The van der Waals surface area contributed by atoms with Crippen LogP contribution in [0, 0.1) is 0 Å². The molecule has 9 heteroatoms. The zero-order valence-corrected chi connectivity index (χ0v) is 20.3. The second kappa shape index (κ2) is 9.60. The van der Waals surface area contributed by atoms with Crippen molar-refractivity contribution in [2.75, 3.05) is 12.1 Å². The zero-order valence-electron chi connectivity index (χ0n) is 17.2. The van der Waals surface area contributed by atoms with E-state index in [-0.39, 0.29) is 11.3 Å². The molecule has 1 aliphatic rings. The molecule has 0 aromatic heterocycles. The van der Waals surface area contributed by atoms with Gasteiger partial charge >= 0.3 is 5.97 Å². The van der Waals surface area contributed by atoms with E-state index in [1.807, 2.05) is 6.07 Å². The number of para-hydroxylation sites is 1. The van der Waals surface area contributed by atoms with Crippen LogP contribution in [0.4, 0.5) is 5.69 Å². The Morgan fingerprint density at radius 3 is 2.36 bits per heavy atom. The Morgan fingerprint density at radius 2 is 1.70 bits per heavy atom. The number of hydrogen-bond donors (Lipinski definition) is 1. The Hall–Kier alpha value is -3.43. The van der Waals surface area contributed by atoms with Gasteiger partial charge in [0.15, 0.2) is 5.75 Å². The van der Waals surface area contributed by atoms with E-state index in [9.17, 15) is 14.4 Å². The third-order valence-corrected chi connectivity index (χ3v) is 5.81. The van der Waals surface area contributed by atoms with E-state index in [2.05, 4.69) is 37.3 Å². The third-order valence-electron chi connectivity index (χ3n) is 4.76. The molecule has 1 aliphatic heterocycles. The summed E-state index contributed by atoms with van der Waals surface area (Å²) in [5, 5.41) is 1.17. The van der Waals surface area contributed by atoms with Crippen molar-refractivity contribution in [3.05, 3.63) is 92.4 Å². The van der Waals surface area contributed by atoms with Gasteiger partial charge in [0.25, 0.3) is 11.8 Å². The summed E-state index contributed by atoms with van der Waals surface area (Å²) in [5.41, 5.74) is 3.67. The van der Waals surface area contributed by atoms with Crippen LogP contribution in [-0.4, -0.2) is 24.9 Å². The van der Waals surface area contributed by atoms with Gasteiger partial charge in [-0.05, 0) is 70.5 Å². The predicted molar refractivity (Wildman–Crippen MR) is 130 cm³/mol. The number of carbonyl (C=O) groups excluding carboxylic acids is 3. The van der Waals surface area contributed by atoms with E-state index in [0.717, 1.165) is 0 Å². The molecule has 0 unspecified atom stereocenters. The molecular weight excluding hydrogens is 556 g/mol. The van der Waals surface area contributed by atoms with Crippen LogP contribution in [0.5, 0.6) is 11.5 Å². The minimum Gasteiger partial charge on any atom is -0.497 e. The van der Waals surface area contributed by atoms with Crippen LogP contribution >= 0.6 is 31.9 Å². The Balaban J connectivity index is 1.68. The molecule has 166 valence electrons. The van der Waals surface area contributed by atoms with Gasteiger partial charge in [-0.25, -0.2) is 9.80 Å². The van der Waals surface area contributed by atoms with Crippen LogP contribution in [0.3, 0.4) is 0 Å². The van der Waals surface area contributed by atoms with Crippen molar-refractivity contribution in [2.24, 2.45) is 0 Å². The van der Waals surface area contributed by atoms with Gasteiger partial charge in [0.1, 0.15) is 11.3 Å². The summed E-state index contributed by atoms with van der Waals surface area (Å²) in [7, 11) is 1.53. The highest BCUT2D eigenvalue weighted by Gasteiger charge is 2.34. The smallest absolute Gasteiger partial charge is 0.343 e. The van der Waals surface area contributed by atoms with Crippen LogP contribution in [0.25, 0.3) is 6.08 Å². The number of amides is 2. The zero-order chi connectivity index (χ0) is 23.5. The molecule has 0 bridgehead atoms. The average Bonchev–Trinajstić information content (AvgIpc) is 3.10. The number of carbonyl (C=O) groups is 3. The van der Waals surface area contributed by atoms with Gasteiger partial charge in [-0.1, -0.05) is 34.1 Å². The molecule has 1 heterocycles. The highest BCUT2D eigenvalue weighted by atomic mass is 79.9. The first kappa shape index (κ1) is 22.8. The molecule has 1 N–H and O–H groups in total. The SMILES string of the molecule is COc1ccc(C(=O)Oc2c(Br)cc(Br)cc2/C=C2\C(=O)NN(c3ccccc3)C2=O)cc1. The van der Waals surface area contributed by atoms with Crippen LogP contribution < -0.4 is 19.9 Å². The van der Waals surface area contributed by atoms with E-state index in [1.165, 1.54) is 18.2 Å². The summed E-state index contributed by atoms with van der Waals surface area (Å²) in [6.45, 7) is 0. The Labute approximate surface area is 206 Å². The number of benzene rings is 3. The predicted octanol–water partition coefficient (Wildman–Crippen LogP) is 4.90. The van der Waals surface area contributed by atoms with Gasteiger partial charge < -0.3 is 9.47 Å². The second-order valence-electron chi connectivity index (χ2n) is 6.90. The first-order valence-electron chi connectivity index (χ1n) is 9.65. The summed E-state index contributed by atoms with van der Waals surface area (Å²) < 4.78 is 11.9. The van der Waals surface area contributed by atoms with E-state index >= 15 is 0 Å². The molecule has 2 amide bonds. The van der Waals surface area contributed by atoms with Gasteiger partial charge in [-0.2, -0.15) is 0 Å². The number of methoxy groups -OCH3 is 1. The molecule has 3 aromatic carbocycles. The first-order valence-corrected chi connectivity index (χ1v) is 11.2. The number of halogens is 2. The Morgan fingerprint density at radius 1 is 1.00 bits per heavy atom. The molecule has 4 rings (SSSR count). The minimum atomic E-state index is -0.603. The van der Waals surface area contributed by atoms with Crippen molar-refractivity contribution in [1.82, 2.24) is 5.43 Å². The molecule has 3 aromatic rings. The van der Waals surface area contributed by atoms with E-state index in [0.29, 0.717) is 31.5 Å². The summed E-state index contributed by atoms with van der Waals surface area (Å²) in [6, 6.07) is 18.6. The molecular formula is C24H16Br2N2O5. The molecule has 0 radical (unpaired) electrons. The molecule has 7 nitrogen and oxygen atoms in total. The molecule has 33 heavy (non-hydrogen) atoms. The van der Waals surface area contributed by atoms with Crippen molar-refractivity contribution >= 4 is 61.4 Å². The fourth-order valence-corrected chi connectivity index (χ4v) is 4.48.